The normalized spacial score (nSPS) is 11.5. The second-order valence-corrected chi connectivity index (χ2v) is 6.26. The van der Waals surface area contributed by atoms with Crippen molar-refractivity contribution >= 4 is 9.52 Å². The van der Waals surface area contributed by atoms with Gasteiger partial charge in [-0.1, -0.05) is 12.5 Å². The Morgan fingerprint density at radius 1 is 1.19 bits per heavy atom. The fourth-order valence-corrected chi connectivity index (χ4v) is 2.65. The van der Waals surface area contributed by atoms with Crippen molar-refractivity contribution in [2.24, 2.45) is 7.05 Å². The topological polar surface area (TPSA) is 53.2 Å². The van der Waals surface area contributed by atoms with Crippen LogP contribution in [0.3, 0.4) is 0 Å². The van der Waals surface area contributed by atoms with Gasteiger partial charge in [-0.2, -0.15) is 13.2 Å². The number of rotatable bonds is 2. The van der Waals surface area contributed by atoms with Crippen LogP contribution in [0, 0.1) is 17.3 Å². The van der Waals surface area contributed by atoms with Crippen LogP contribution in [0.5, 0.6) is 5.75 Å². The fraction of sp³-hybridized carbons (Fsp3) is 0.250. The highest BCUT2D eigenvalue weighted by atomic mass is 28.2. The van der Waals surface area contributed by atoms with Gasteiger partial charge in [-0.25, -0.2) is 13.8 Å². The van der Waals surface area contributed by atoms with Crippen molar-refractivity contribution in [1.82, 2.24) is 9.13 Å². The number of aromatic nitrogens is 2. The lowest BCUT2D eigenvalue weighted by atomic mass is 10.1. The lowest BCUT2D eigenvalue weighted by Crippen LogP contribution is -2.40. The number of halogens is 4. The van der Waals surface area contributed by atoms with Crippen LogP contribution >= 0.6 is 0 Å². The van der Waals surface area contributed by atoms with Crippen LogP contribution in [0.4, 0.5) is 17.6 Å². The van der Waals surface area contributed by atoms with Crippen LogP contribution in [0.1, 0.15) is 11.3 Å². The molecular formula is C16H14F4N2O3Si. The van der Waals surface area contributed by atoms with E-state index in [0.29, 0.717) is 4.57 Å². The van der Waals surface area contributed by atoms with E-state index in [9.17, 15) is 27.2 Å². The van der Waals surface area contributed by atoms with Crippen LogP contribution in [0.2, 0.25) is 6.55 Å². The van der Waals surface area contributed by atoms with Gasteiger partial charge in [0.15, 0.2) is 0 Å². The molecule has 10 heteroatoms. The molecule has 2 rings (SSSR count). The first-order valence-corrected chi connectivity index (χ1v) is 9.51. The first-order valence-electron chi connectivity index (χ1n) is 7.38. The molecule has 0 amide bonds. The Morgan fingerprint density at radius 2 is 1.85 bits per heavy atom. The van der Waals surface area contributed by atoms with E-state index in [1.54, 1.807) is 0 Å². The molecule has 5 nitrogen and oxygen atoms in total. The van der Waals surface area contributed by atoms with Crippen LogP contribution in [0.25, 0.3) is 5.69 Å². The molecule has 0 N–H and O–H groups in total. The number of hydrogen-bond donors (Lipinski definition) is 0. The Hall–Kier alpha value is -2.80. The average molecular weight is 386 g/mol. The minimum Gasteiger partial charge on any atom is -0.495 e. The summed E-state index contributed by atoms with van der Waals surface area (Å²) in [5.74, 6) is 1.75. The number of nitrogens with zero attached hydrogens (tertiary/aromatic N) is 2. The molecule has 0 saturated carbocycles. The van der Waals surface area contributed by atoms with E-state index in [4.69, 9.17) is 4.74 Å². The summed E-state index contributed by atoms with van der Waals surface area (Å²) in [6.07, 6.45) is -4.88. The molecule has 0 aliphatic carbocycles. The van der Waals surface area contributed by atoms with Gasteiger partial charge in [0, 0.05) is 25.2 Å². The highest BCUT2D eigenvalue weighted by Crippen LogP contribution is 2.28. The minimum absolute atomic E-state index is 0.0109. The van der Waals surface area contributed by atoms with Crippen molar-refractivity contribution in [3.63, 3.8) is 0 Å². The largest absolute Gasteiger partial charge is 0.495 e. The lowest BCUT2D eigenvalue weighted by Gasteiger charge is -2.16. The van der Waals surface area contributed by atoms with Crippen molar-refractivity contribution in [1.29, 1.82) is 0 Å². The molecule has 0 aliphatic rings. The van der Waals surface area contributed by atoms with Gasteiger partial charge >= 0.3 is 11.9 Å². The van der Waals surface area contributed by atoms with Gasteiger partial charge in [0.2, 0.25) is 0 Å². The van der Waals surface area contributed by atoms with Gasteiger partial charge in [0.05, 0.1) is 18.4 Å². The maximum absolute atomic E-state index is 14.3. The number of hydrogen-bond acceptors (Lipinski definition) is 3. The molecule has 0 saturated heterocycles. The van der Waals surface area contributed by atoms with Gasteiger partial charge in [-0.15, -0.1) is 5.54 Å². The van der Waals surface area contributed by atoms with Crippen LogP contribution in [-0.4, -0.2) is 25.8 Å². The van der Waals surface area contributed by atoms with Crippen molar-refractivity contribution in [3.05, 3.63) is 56.1 Å². The smallest absolute Gasteiger partial charge is 0.431 e. The zero-order chi connectivity index (χ0) is 19.6. The number of alkyl halides is 3. The van der Waals surface area contributed by atoms with E-state index in [1.165, 1.54) is 13.2 Å². The van der Waals surface area contributed by atoms with E-state index in [1.807, 2.05) is 6.55 Å². The molecule has 1 aromatic carbocycles. The zero-order valence-electron chi connectivity index (χ0n) is 14.1. The average Bonchev–Trinajstić information content (AvgIpc) is 2.56. The highest BCUT2D eigenvalue weighted by Gasteiger charge is 2.35. The summed E-state index contributed by atoms with van der Waals surface area (Å²) in [6.45, 7) is 1.90. The van der Waals surface area contributed by atoms with Gasteiger partial charge in [-0.3, -0.25) is 9.36 Å². The predicted octanol–water partition coefficient (Wildman–Crippen LogP) is 1.23. The maximum atomic E-state index is 14.3. The summed E-state index contributed by atoms with van der Waals surface area (Å²) in [5, 5.41) is 0. The Balaban J connectivity index is 2.81. The number of ether oxygens (including phenoxy) is 1. The van der Waals surface area contributed by atoms with Crippen molar-refractivity contribution in [2.45, 2.75) is 12.7 Å². The standard InChI is InChI=1S/C16H14F4N2O3Si/c1-21-13(16(18,19)20)8-14(23)22(15(21)24)11-7-10(17)9(4-5-26-3)6-12(11)25-2/h6-8H,26H2,1-3H3. The quantitative estimate of drug-likeness (QED) is 0.443. The minimum atomic E-state index is -4.88. The van der Waals surface area contributed by atoms with Crippen molar-refractivity contribution in [3.8, 4) is 22.9 Å². The van der Waals surface area contributed by atoms with Gasteiger partial charge in [0.25, 0.3) is 5.56 Å². The van der Waals surface area contributed by atoms with Crippen LogP contribution < -0.4 is 16.0 Å². The fourth-order valence-electron chi connectivity index (χ4n) is 2.28. The SMILES string of the molecule is COc1cc(C#C[SiH2]C)c(F)cc1-n1c(=O)cc(C(F)(F)F)n(C)c1=O. The molecule has 2 aromatic rings. The number of methoxy groups -OCH3 is 1. The zero-order valence-corrected chi connectivity index (χ0v) is 15.5. The third-order valence-corrected chi connectivity index (χ3v) is 4.05. The third-order valence-electron chi connectivity index (χ3n) is 3.52. The Labute approximate surface area is 147 Å². The van der Waals surface area contributed by atoms with E-state index in [0.717, 1.165) is 13.1 Å². The van der Waals surface area contributed by atoms with Gasteiger partial charge in [0.1, 0.15) is 26.8 Å². The monoisotopic (exact) mass is 386 g/mol. The Kier molecular flexibility index (Phi) is 5.41. The molecular weight excluding hydrogens is 372 g/mol. The molecule has 1 heterocycles. The molecule has 26 heavy (non-hydrogen) atoms. The van der Waals surface area contributed by atoms with E-state index in [-0.39, 0.29) is 27.6 Å². The Morgan fingerprint density at radius 3 is 2.38 bits per heavy atom. The number of benzene rings is 1. The summed E-state index contributed by atoms with van der Waals surface area (Å²) in [5.41, 5.74) is -1.42. The second-order valence-electron chi connectivity index (χ2n) is 5.20. The summed E-state index contributed by atoms with van der Waals surface area (Å²) < 4.78 is 58.8. The third kappa shape index (κ3) is 3.57. The van der Waals surface area contributed by atoms with E-state index < -0.39 is 38.5 Å². The van der Waals surface area contributed by atoms with Gasteiger partial charge in [-0.05, 0) is 0 Å². The summed E-state index contributed by atoms with van der Waals surface area (Å²) >= 11 is 0. The first-order chi connectivity index (χ1) is 12.1. The summed E-state index contributed by atoms with van der Waals surface area (Å²) in [6, 6.07) is 2.32. The maximum Gasteiger partial charge on any atom is 0.431 e. The molecule has 0 unspecified atom stereocenters. The molecule has 0 spiro atoms. The van der Waals surface area contributed by atoms with Crippen molar-refractivity contribution in [2.75, 3.05) is 7.11 Å². The van der Waals surface area contributed by atoms with E-state index >= 15 is 0 Å². The van der Waals surface area contributed by atoms with E-state index in [2.05, 4.69) is 11.5 Å². The molecule has 0 bridgehead atoms. The molecule has 0 aliphatic heterocycles. The van der Waals surface area contributed by atoms with Crippen molar-refractivity contribution < 1.29 is 22.3 Å². The molecule has 0 radical (unpaired) electrons. The Bertz CT molecular complexity index is 1030. The lowest BCUT2D eigenvalue weighted by molar-refractivity contribution is -0.144. The van der Waals surface area contributed by atoms with Crippen LogP contribution in [-0.2, 0) is 13.2 Å². The summed E-state index contributed by atoms with van der Waals surface area (Å²) in [4.78, 5) is 24.5. The molecule has 138 valence electrons. The van der Waals surface area contributed by atoms with Gasteiger partial charge < -0.3 is 4.74 Å². The molecule has 0 fully saturated rings. The highest BCUT2D eigenvalue weighted by molar-refractivity contribution is 6.44. The van der Waals surface area contributed by atoms with Crippen LogP contribution in [0.15, 0.2) is 27.8 Å². The predicted molar refractivity (Wildman–Crippen MR) is 90.1 cm³/mol. The second kappa shape index (κ2) is 7.21. The summed E-state index contributed by atoms with van der Waals surface area (Å²) in [7, 11) is 1.45. The molecule has 0 atom stereocenters. The first kappa shape index (κ1) is 19.5. The molecule has 1 aromatic heterocycles.